The molecule has 0 aromatic heterocycles. The standard InChI is InChI=1S/C27H44O2/c1-17(6-11-24-25(2,3)29-24)21-9-10-22-20-8-7-18-16-19(28)12-14-26(18,4)23(20)13-15-27(21,22)5/h7,17,19-24,28H,6,8-16H2,1-5H3/t17-,19?,20+,21-,22+,23+,24+,26+,27-/m1/s1. The van der Waals surface area contributed by atoms with E-state index in [0.29, 0.717) is 16.9 Å². The first-order valence-corrected chi connectivity index (χ1v) is 12.7. The zero-order chi connectivity index (χ0) is 20.6. The van der Waals surface area contributed by atoms with Gasteiger partial charge in [0.1, 0.15) is 0 Å². The van der Waals surface area contributed by atoms with Crippen molar-refractivity contribution in [1.29, 1.82) is 0 Å². The highest BCUT2D eigenvalue weighted by Crippen LogP contribution is 2.67. The van der Waals surface area contributed by atoms with Crippen LogP contribution in [0.4, 0.5) is 0 Å². The SMILES string of the molecule is C[C@H](CC[C@@H]1OC1(C)C)[C@H]1CC[C@H]2[C@@H]3CC=C4CC(O)CC[C@]4(C)[C@H]3CC[C@]12C. The number of allylic oxidation sites excluding steroid dienone is 1. The summed E-state index contributed by atoms with van der Waals surface area (Å²) in [7, 11) is 0. The number of fused-ring (bicyclic) bond motifs is 5. The van der Waals surface area contributed by atoms with Gasteiger partial charge in [0, 0.05) is 0 Å². The van der Waals surface area contributed by atoms with Gasteiger partial charge in [0.25, 0.3) is 0 Å². The topological polar surface area (TPSA) is 32.8 Å². The molecule has 0 aromatic rings. The molecule has 0 aromatic carbocycles. The zero-order valence-corrected chi connectivity index (χ0v) is 19.5. The molecule has 164 valence electrons. The molecule has 1 unspecified atom stereocenters. The van der Waals surface area contributed by atoms with Gasteiger partial charge in [-0.05, 0) is 118 Å². The molecule has 1 heterocycles. The smallest absolute Gasteiger partial charge is 0.0892 e. The summed E-state index contributed by atoms with van der Waals surface area (Å²) in [5.41, 5.74) is 2.68. The van der Waals surface area contributed by atoms with E-state index in [1.807, 2.05) is 0 Å². The Morgan fingerprint density at radius 3 is 2.55 bits per heavy atom. The number of epoxide rings is 1. The third-order valence-corrected chi connectivity index (χ3v) is 10.9. The quantitative estimate of drug-likeness (QED) is 0.430. The molecule has 9 atom stereocenters. The van der Waals surface area contributed by atoms with Crippen LogP contribution in [0.1, 0.15) is 98.8 Å². The highest BCUT2D eigenvalue weighted by molar-refractivity contribution is 5.25. The second kappa shape index (κ2) is 6.83. The highest BCUT2D eigenvalue weighted by atomic mass is 16.6. The summed E-state index contributed by atoms with van der Waals surface area (Å²) >= 11 is 0. The first-order valence-electron chi connectivity index (χ1n) is 12.7. The molecular weight excluding hydrogens is 356 g/mol. The van der Waals surface area contributed by atoms with Gasteiger partial charge in [-0.15, -0.1) is 0 Å². The Bertz CT molecular complexity index is 680. The fourth-order valence-corrected chi connectivity index (χ4v) is 8.97. The Labute approximate surface area is 178 Å². The Morgan fingerprint density at radius 1 is 1.07 bits per heavy atom. The minimum Gasteiger partial charge on any atom is -0.393 e. The minimum atomic E-state index is -0.0862. The van der Waals surface area contributed by atoms with Crippen molar-refractivity contribution < 1.29 is 9.84 Å². The lowest BCUT2D eigenvalue weighted by Crippen LogP contribution is -2.50. The number of ether oxygens (including phenoxy) is 1. The van der Waals surface area contributed by atoms with E-state index >= 15 is 0 Å². The summed E-state index contributed by atoms with van der Waals surface area (Å²) in [5.74, 6) is 4.41. The predicted octanol–water partition coefficient (Wildman–Crippen LogP) is 6.52. The van der Waals surface area contributed by atoms with Crippen molar-refractivity contribution >= 4 is 0 Å². The monoisotopic (exact) mass is 400 g/mol. The molecule has 1 aliphatic heterocycles. The summed E-state index contributed by atoms with van der Waals surface area (Å²) in [4.78, 5) is 0. The van der Waals surface area contributed by atoms with Gasteiger partial charge in [-0.2, -0.15) is 0 Å². The van der Waals surface area contributed by atoms with Crippen LogP contribution in [0.5, 0.6) is 0 Å². The Morgan fingerprint density at radius 2 is 1.83 bits per heavy atom. The lowest BCUT2D eigenvalue weighted by Gasteiger charge is -2.58. The summed E-state index contributed by atoms with van der Waals surface area (Å²) in [6.07, 6.45) is 15.8. The molecule has 1 saturated heterocycles. The second-order valence-corrected chi connectivity index (χ2v) is 12.6. The Kier molecular flexibility index (Phi) is 4.84. The number of hydrogen-bond donors (Lipinski definition) is 1. The first kappa shape index (κ1) is 20.6. The molecule has 2 nitrogen and oxygen atoms in total. The van der Waals surface area contributed by atoms with Gasteiger partial charge in [-0.25, -0.2) is 0 Å². The molecule has 0 amide bonds. The van der Waals surface area contributed by atoms with Crippen LogP contribution >= 0.6 is 0 Å². The summed E-state index contributed by atoms with van der Waals surface area (Å²) in [6, 6.07) is 0. The van der Waals surface area contributed by atoms with Crippen molar-refractivity contribution in [3.8, 4) is 0 Å². The van der Waals surface area contributed by atoms with E-state index in [-0.39, 0.29) is 11.7 Å². The zero-order valence-electron chi connectivity index (χ0n) is 19.5. The van der Waals surface area contributed by atoms with Gasteiger partial charge >= 0.3 is 0 Å². The maximum absolute atomic E-state index is 10.2. The summed E-state index contributed by atoms with van der Waals surface area (Å²) in [5, 5.41) is 10.2. The van der Waals surface area contributed by atoms with Crippen molar-refractivity contribution in [2.45, 2.75) is 117 Å². The molecule has 1 N–H and O–H groups in total. The number of rotatable bonds is 4. The predicted molar refractivity (Wildman–Crippen MR) is 119 cm³/mol. The van der Waals surface area contributed by atoms with E-state index in [2.05, 4.69) is 40.7 Å². The van der Waals surface area contributed by atoms with Crippen molar-refractivity contribution in [3.63, 3.8) is 0 Å². The van der Waals surface area contributed by atoms with Gasteiger partial charge in [-0.3, -0.25) is 0 Å². The molecule has 3 saturated carbocycles. The average molecular weight is 401 g/mol. The molecule has 29 heavy (non-hydrogen) atoms. The van der Waals surface area contributed by atoms with Gasteiger partial charge in [0.2, 0.25) is 0 Å². The van der Waals surface area contributed by atoms with E-state index in [0.717, 1.165) is 42.4 Å². The average Bonchev–Trinajstić information content (AvgIpc) is 3.11. The van der Waals surface area contributed by atoms with E-state index < -0.39 is 0 Å². The normalized spacial score (nSPS) is 51.4. The maximum atomic E-state index is 10.2. The fraction of sp³-hybridized carbons (Fsp3) is 0.926. The molecule has 5 rings (SSSR count). The van der Waals surface area contributed by atoms with Crippen molar-refractivity contribution in [1.82, 2.24) is 0 Å². The number of aliphatic hydroxyl groups is 1. The molecular formula is C27H44O2. The number of hydrogen-bond acceptors (Lipinski definition) is 2. The maximum Gasteiger partial charge on any atom is 0.0892 e. The van der Waals surface area contributed by atoms with E-state index in [9.17, 15) is 5.11 Å². The van der Waals surface area contributed by atoms with E-state index in [1.54, 1.807) is 5.57 Å². The van der Waals surface area contributed by atoms with Gasteiger partial charge in [0.15, 0.2) is 0 Å². The molecule has 4 aliphatic carbocycles. The van der Waals surface area contributed by atoms with Gasteiger partial charge < -0.3 is 9.84 Å². The van der Waals surface area contributed by atoms with E-state index in [1.165, 1.54) is 51.4 Å². The third-order valence-electron chi connectivity index (χ3n) is 10.9. The van der Waals surface area contributed by atoms with Crippen LogP contribution in [0.2, 0.25) is 0 Å². The van der Waals surface area contributed by atoms with Crippen LogP contribution in [-0.2, 0) is 4.74 Å². The largest absolute Gasteiger partial charge is 0.393 e. The lowest BCUT2D eigenvalue weighted by molar-refractivity contribution is -0.0573. The van der Waals surface area contributed by atoms with Crippen LogP contribution < -0.4 is 0 Å². The fourth-order valence-electron chi connectivity index (χ4n) is 8.97. The molecule has 2 heteroatoms. The van der Waals surface area contributed by atoms with Crippen LogP contribution in [-0.4, -0.2) is 22.9 Å². The van der Waals surface area contributed by atoms with E-state index in [4.69, 9.17) is 4.74 Å². The summed E-state index contributed by atoms with van der Waals surface area (Å²) in [6.45, 7) is 12.3. The van der Waals surface area contributed by atoms with Crippen LogP contribution in [0, 0.1) is 40.4 Å². The highest BCUT2D eigenvalue weighted by Gasteiger charge is 2.59. The minimum absolute atomic E-state index is 0.0862. The molecule has 0 spiro atoms. The number of aliphatic hydroxyl groups excluding tert-OH is 1. The lowest BCUT2D eigenvalue weighted by atomic mass is 9.47. The van der Waals surface area contributed by atoms with Gasteiger partial charge in [0.05, 0.1) is 17.8 Å². The van der Waals surface area contributed by atoms with Crippen molar-refractivity contribution in [2.75, 3.05) is 0 Å². The molecule has 0 radical (unpaired) electrons. The Hall–Kier alpha value is -0.340. The van der Waals surface area contributed by atoms with Crippen molar-refractivity contribution in [2.24, 2.45) is 40.4 Å². The molecule has 0 bridgehead atoms. The van der Waals surface area contributed by atoms with Gasteiger partial charge in [-0.1, -0.05) is 32.4 Å². The van der Waals surface area contributed by atoms with Crippen LogP contribution in [0.15, 0.2) is 11.6 Å². The molecule has 4 fully saturated rings. The van der Waals surface area contributed by atoms with Crippen LogP contribution in [0.25, 0.3) is 0 Å². The first-order chi connectivity index (χ1) is 13.6. The summed E-state index contributed by atoms with van der Waals surface area (Å²) < 4.78 is 5.86. The second-order valence-electron chi connectivity index (χ2n) is 12.6. The Balaban J connectivity index is 1.30. The van der Waals surface area contributed by atoms with Crippen LogP contribution in [0.3, 0.4) is 0 Å². The van der Waals surface area contributed by atoms with Crippen molar-refractivity contribution in [3.05, 3.63) is 11.6 Å². The molecule has 5 aliphatic rings. The third kappa shape index (κ3) is 3.18.